The molecule has 0 aliphatic rings. The van der Waals surface area contributed by atoms with Crippen LogP contribution in [0.15, 0.2) is 22.6 Å². The fourth-order valence-electron chi connectivity index (χ4n) is 1.92. The second-order valence-electron chi connectivity index (χ2n) is 4.62. The van der Waals surface area contributed by atoms with Gasteiger partial charge in [-0.1, -0.05) is 6.92 Å². The molecular weight excluding hydrogens is 294 g/mol. The number of hydrogen-bond acceptors (Lipinski definition) is 5. The molecule has 0 bridgehead atoms. The molecule has 0 aromatic carbocycles. The van der Waals surface area contributed by atoms with Gasteiger partial charge in [0.05, 0.1) is 0 Å². The predicted molar refractivity (Wildman–Crippen MR) is 77.8 cm³/mol. The van der Waals surface area contributed by atoms with Gasteiger partial charge in [0.2, 0.25) is 0 Å². The average molecular weight is 309 g/mol. The van der Waals surface area contributed by atoms with Crippen LogP contribution in [0.5, 0.6) is 0 Å². The number of carbonyl (C=O) groups excluding carboxylic acids is 1. The molecule has 7 nitrogen and oxygen atoms in total. The maximum atomic E-state index is 12.5. The molecular formula is C13H15N3O4S. The van der Waals surface area contributed by atoms with Crippen molar-refractivity contribution < 1.29 is 14.7 Å². The van der Waals surface area contributed by atoms with E-state index in [0.717, 1.165) is 0 Å². The van der Waals surface area contributed by atoms with E-state index < -0.39 is 24.0 Å². The number of carboxylic acids is 1. The van der Waals surface area contributed by atoms with Crippen LogP contribution in [0, 0.1) is 0 Å². The van der Waals surface area contributed by atoms with Crippen molar-refractivity contribution in [3.8, 4) is 0 Å². The summed E-state index contributed by atoms with van der Waals surface area (Å²) >= 11 is 1.28. The molecule has 0 aliphatic carbocycles. The Hall–Kier alpha value is -2.22. The third-order valence-corrected chi connectivity index (χ3v) is 4.03. The van der Waals surface area contributed by atoms with Crippen LogP contribution < -0.4 is 5.56 Å². The zero-order valence-corrected chi connectivity index (χ0v) is 12.5. The lowest BCUT2D eigenvalue weighted by atomic mass is 10.2. The highest BCUT2D eigenvalue weighted by molar-refractivity contribution is 7.15. The van der Waals surface area contributed by atoms with Crippen molar-refractivity contribution in [1.29, 1.82) is 0 Å². The van der Waals surface area contributed by atoms with Crippen molar-refractivity contribution in [1.82, 2.24) is 14.3 Å². The van der Waals surface area contributed by atoms with Crippen molar-refractivity contribution in [2.45, 2.75) is 26.3 Å². The minimum Gasteiger partial charge on any atom is -0.480 e. The number of aliphatic carboxylic acids is 1. The van der Waals surface area contributed by atoms with Gasteiger partial charge < -0.3 is 10.0 Å². The van der Waals surface area contributed by atoms with E-state index in [9.17, 15) is 14.4 Å². The fraction of sp³-hybridized carbons (Fsp3) is 0.385. The Morgan fingerprint density at radius 3 is 2.86 bits per heavy atom. The van der Waals surface area contributed by atoms with E-state index in [1.54, 1.807) is 12.3 Å². The van der Waals surface area contributed by atoms with E-state index >= 15 is 0 Å². The number of carboxylic acid groups (broad SMARTS) is 1. The quantitative estimate of drug-likeness (QED) is 0.892. The lowest BCUT2D eigenvalue weighted by Crippen LogP contribution is -2.44. The Bertz CT molecular complexity index is 736. The highest BCUT2D eigenvalue weighted by Crippen LogP contribution is 2.10. The molecule has 0 spiro atoms. The van der Waals surface area contributed by atoms with Gasteiger partial charge >= 0.3 is 5.97 Å². The van der Waals surface area contributed by atoms with Gasteiger partial charge in [-0.05, 0) is 13.3 Å². The first-order chi connectivity index (χ1) is 9.95. The molecule has 1 N–H and O–H groups in total. The van der Waals surface area contributed by atoms with Gasteiger partial charge in [-0.15, -0.1) is 11.3 Å². The smallest absolute Gasteiger partial charge is 0.323 e. The first-order valence-electron chi connectivity index (χ1n) is 6.43. The summed E-state index contributed by atoms with van der Waals surface area (Å²) in [5.41, 5.74) is -0.600. The Kier molecular flexibility index (Phi) is 4.37. The van der Waals surface area contributed by atoms with Crippen molar-refractivity contribution >= 4 is 28.2 Å². The molecule has 0 aliphatic heterocycles. The van der Waals surface area contributed by atoms with E-state index in [1.165, 1.54) is 33.0 Å². The zero-order chi connectivity index (χ0) is 15.6. The van der Waals surface area contributed by atoms with Crippen molar-refractivity contribution in [3.05, 3.63) is 33.7 Å². The van der Waals surface area contributed by atoms with Crippen molar-refractivity contribution in [2.75, 3.05) is 6.54 Å². The SMILES string of the molecule is CCC(C)N(CC(=O)O)C(=O)c1cnc2sccn2c1=O. The summed E-state index contributed by atoms with van der Waals surface area (Å²) in [6.07, 6.45) is 3.35. The predicted octanol–water partition coefficient (Wildman–Crippen LogP) is 1.08. The van der Waals surface area contributed by atoms with Crippen LogP contribution in [0.25, 0.3) is 4.96 Å². The molecule has 2 rings (SSSR count). The number of fused-ring (bicyclic) bond motifs is 1. The highest BCUT2D eigenvalue weighted by atomic mass is 32.1. The van der Waals surface area contributed by atoms with Gasteiger partial charge in [0.1, 0.15) is 12.1 Å². The molecule has 0 saturated carbocycles. The Morgan fingerprint density at radius 2 is 2.24 bits per heavy atom. The van der Waals surface area contributed by atoms with Crippen LogP contribution in [0.2, 0.25) is 0 Å². The van der Waals surface area contributed by atoms with Crippen molar-refractivity contribution in [2.24, 2.45) is 0 Å². The summed E-state index contributed by atoms with van der Waals surface area (Å²) in [6, 6.07) is -0.281. The van der Waals surface area contributed by atoms with E-state index in [4.69, 9.17) is 5.11 Å². The third kappa shape index (κ3) is 2.94. The number of thiazole rings is 1. The Labute approximate surface area is 124 Å². The molecule has 1 atom stereocenters. The minimum atomic E-state index is -1.12. The van der Waals surface area contributed by atoms with Crippen LogP contribution in [0.3, 0.4) is 0 Å². The first kappa shape index (κ1) is 15.2. The molecule has 0 saturated heterocycles. The van der Waals surface area contributed by atoms with Gasteiger partial charge in [0.25, 0.3) is 11.5 Å². The normalized spacial score (nSPS) is 12.3. The molecule has 1 amide bonds. The highest BCUT2D eigenvalue weighted by Gasteiger charge is 2.25. The second-order valence-corrected chi connectivity index (χ2v) is 5.49. The van der Waals surface area contributed by atoms with Crippen LogP contribution in [-0.4, -0.2) is 43.9 Å². The number of hydrogen-bond donors (Lipinski definition) is 1. The molecule has 2 aromatic rings. The summed E-state index contributed by atoms with van der Waals surface area (Å²) < 4.78 is 1.29. The average Bonchev–Trinajstić information content (AvgIpc) is 2.93. The maximum absolute atomic E-state index is 12.5. The van der Waals surface area contributed by atoms with Crippen LogP contribution in [0.4, 0.5) is 0 Å². The number of amides is 1. The Morgan fingerprint density at radius 1 is 1.52 bits per heavy atom. The molecule has 0 radical (unpaired) electrons. The van der Waals surface area contributed by atoms with E-state index in [2.05, 4.69) is 4.98 Å². The summed E-state index contributed by atoms with van der Waals surface area (Å²) in [6.45, 7) is 3.15. The van der Waals surface area contributed by atoms with Crippen LogP contribution in [0.1, 0.15) is 30.6 Å². The molecule has 1 unspecified atom stereocenters. The second kappa shape index (κ2) is 6.04. The summed E-state index contributed by atoms with van der Waals surface area (Å²) in [5.74, 6) is -1.72. The number of nitrogens with zero attached hydrogens (tertiary/aromatic N) is 3. The van der Waals surface area contributed by atoms with E-state index in [-0.39, 0.29) is 11.6 Å². The van der Waals surface area contributed by atoms with Crippen molar-refractivity contribution in [3.63, 3.8) is 0 Å². The third-order valence-electron chi connectivity index (χ3n) is 3.26. The van der Waals surface area contributed by atoms with Gasteiger partial charge in [-0.25, -0.2) is 4.98 Å². The summed E-state index contributed by atoms with van der Waals surface area (Å²) in [7, 11) is 0. The fourth-order valence-corrected chi connectivity index (χ4v) is 2.60. The zero-order valence-electron chi connectivity index (χ0n) is 11.6. The van der Waals surface area contributed by atoms with Gasteiger partial charge in [0, 0.05) is 23.8 Å². The molecule has 21 heavy (non-hydrogen) atoms. The maximum Gasteiger partial charge on any atom is 0.323 e. The standard InChI is InChI=1S/C13H15N3O4S/c1-3-8(2)16(7-10(17)18)12(20)9-6-14-13-15(11(9)19)4-5-21-13/h4-6,8H,3,7H2,1-2H3,(H,17,18). The lowest BCUT2D eigenvalue weighted by Gasteiger charge is -2.26. The molecule has 2 aromatic heterocycles. The molecule has 8 heteroatoms. The first-order valence-corrected chi connectivity index (χ1v) is 7.31. The van der Waals surface area contributed by atoms with Gasteiger partial charge in [-0.2, -0.15) is 0 Å². The minimum absolute atomic E-state index is 0.118. The number of aromatic nitrogens is 2. The monoisotopic (exact) mass is 309 g/mol. The largest absolute Gasteiger partial charge is 0.480 e. The van der Waals surface area contributed by atoms with Gasteiger partial charge in [-0.3, -0.25) is 18.8 Å². The molecule has 112 valence electrons. The summed E-state index contributed by atoms with van der Waals surface area (Å²) in [5, 5.41) is 10.6. The van der Waals surface area contributed by atoms with Gasteiger partial charge in [0.15, 0.2) is 4.96 Å². The van der Waals surface area contributed by atoms with E-state index in [1.807, 2.05) is 6.92 Å². The Balaban J connectivity index is 2.45. The lowest BCUT2D eigenvalue weighted by molar-refractivity contribution is -0.138. The van der Waals surface area contributed by atoms with E-state index in [0.29, 0.717) is 11.4 Å². The van der Waals surface area contributed by atoms with Crippen LogP contribution in [-0.2, 0) is 4.79 Å². The summed E-state index contributed by atoms with van der Waals surface area (Å²) in [4.78, 5) is 41.4. The number of carbonyl (C=O) groups is 2. The topological polar surface area (TPSA) is 92.0 Å². The number of rotatable bonds is 5. The van der Waals surface area contributed by atoms with Crippen LogP contribution >= 0.6 is 11.3 Å². The molecule has 0 fully saturated rings. The molecule has 2 heterocycles.